The number of carbonyl (C=O) groups is 3. The van der Waals surface area contributed by atoms with E-state index in [0.717, 1.165) is 0 Å². The van der Waals surface area contributed by atoms with Crippen LogP contribution in [0.5, 0.6) is 0 Å². The lowest BCUT2D eigenvalue weighted by Gasteiger charge is -2.61. The lowest BCUT2D eigenvalue weighted by Crippen LogP contribution is -2.69. The molecule has 0 aromatic carbocycles. The monoisotopic (exact) mass is 496 g/mol. The summed E-state index contributed by atoms with van der Waals surface area (Å²) in [6.45, 7) is 9.51. The molecule has 7 nitrogen and oxygen atoms in total. The fourth-order valence-electron chi connectivity index (χ4n) is 7.62. The smallest absolute Gasteiger partial charge is 0.478 e. The van der Waals surface area contributed by atoms with Gasteiger partial charge in [-0.3, -0.25) is 4.79 Å². The number of aliphatic carboxylic acids is 1. The number of ether oxygens (including phenoxy) is 2. The van der Waals surface area contributed by atoms with Crippen molar-refractivity contribution in [2.75, 3.05) is 0 Å². The highest BCUT2D eigenvalue weighted by molar-refractivity contribution is 5.93. The maximum atomic E-state index is 17.2. The first kappa shape index (κ1) is 25.8. The van der Waals surface area contributed by atoms with E-state index < -0.39 is 69.5 Å². The van der Waals surface area contributed by atoms with Gasteiger partial charge in [0.25, 0.3) is 0 Å². The van der Waals surface area contributed by atoms with Gasteiger partial charge in [-0.1, -0.05) is 19.9 Å². The number of aliphatic hydroxyl groups is 1. The van der Waals surface area contributed by atoms with Crippen LogP contribution >= 0.6 is 0 Å². The third-order valence-corrected chi connectivity index (χ3v) is 9.15. The Balaban J connectivity index is 1.83. The second-order valence-electron chi connectivity index (χ2n) is 12.1. The predicted octanol–water partition coefficient (Wildman–Crippen LogP) is 4.68. The molecule has 0 aliphatic heterocycles. The van der Waals surface area contributed by atoms with Gasteiger partial charge in [0.15, 0.2) is 11.5 Å². The number of aliphatic hydroxyl groups excluding tert-OH is 1. The number of rotatable bonds is 2. The third kappa shape index (κ3) is 3.26. The van der Waals surface area contributed by atoms with E-state index in [-0.39, 0.29) is 37.0 Å². The summed E-state index contributed by atoms with van der Waals surface area (Å²) in [7, 11) is 0. The van der Waals surface area contributed by atoms with Gasteiger partial charge in [0, 0.05) is 35.5 Å². The zero-order valence-corrected chi connectivity index (χ0v) is 21.0. The SMILES string of the molecule is C[C@@H]1C[C@H]2[C@@H]3CC(F)=C4CC(=O)C=C[C@]4(C)[C@@]3(F)[C@@H](O)C[C@]2(C)[C@@]1(OC(=O)OC(C)(C)C)C(=O)O. The Morgan fingerprint density at radius 1 is 1.20 bits per heavy atom. The molecule has 0 radical (unpaired) electrons. The van der Waals surface area contributed by atoms with Gasteiger partial charge >= 0.3 is 12.1 Å². The van der Waals surface area contributed by atoms with E-state index in [1.807, 2.05) is 0 Å². The molecule has 0 saturated heterocycles. The van der Waals surface area contributed by atoms with E-state index in [0.29, 0.717) is 0 Å². The van der Waals surface area contributed by atoms with Crippen molar-refractivity contribution >= 4 is 17.9 Å². The molecule has 194 valence electrons. The Hall–Kier alpha value is -2.29. The molecule has 4 aliphatic carbocycles. The summed E-state index contributed by atoms with van der Waals surface area (Å²) in [6.07, 6.45) is -1.09. The van der Waals surface area contributed by atoms with Crippen molar-refractivity contribution in [2.45, 2.75) is 90.2 Å². The number of allylic oxidation sites excluding steroid dienone is 4. The van der Waals surface area contributed by atoms with E-state index in [4.69, 9.17) is 9.47 Å². The van der Waals surface area contributed by atoms with E-state index in [1.165, 1.54) is 19.1 Å². The number of carbonyl (C=O) groups excluding carboxylic acids is 2. The number of hydrogen-bond donors (Lipinski definition) is 2. The molecular formula is C26H34F2O7. The molecule has 0 bridgehead atoms. The van der Waals surface area contributed by atoms with Gasteiger partial charge in [-0.2, -0.15) is 0 Å². The Morgan fingerprint density at radius 2 is 1.83 bits per heavy atom. The molecule has 9 heteroatoms. The zero-order chi connectivity index (χ0) is 26.4. The van der Waals surface area contributed by atoms with Gasteiger partial charge in [-0.25, -0.2) is 18.4 Å². The van der Waals surface area contributed by atoms with Crippen molar-refractivity contribution in [1.82, 2.24) is 0 Å². The maximum absolute atomic E-state index is 17.2. The lowest BCUT2D eigenvalue weighted by molar-refractivity contribution is -0.227. The number of carboxylic acid groups (broad SMARTS) is 1. The van der Waals surface area contributed by atoms with Gasteiger partial charge < -0.3 is 19.7 Å². The third-order valence-electron chi connectivity index (χ3n) is 9.15. The van der Waals surface area contributed by atoms with Crippen LogP contribution in [0.1, 0.15) is 67.2 Å². The number of carboxylic acids is 1. The molecule has 2 fully saturated rings. The largest absolute Gasteiger partial charge is 0.509 e. The molecule has 2 N–H and O–H groups in total. The van der Waals surface area contributed by atoms with Gasteiger partial charge in [0.2, 0.25) is 5.60 Å². The molecule has 0 aromatic rings. The van der Waals surface area contributed by atoms with Crippen molar-refractivity contribution in [2.24, 2.45) is 28.6 Å². The normalized spacial score (nSPS) is 44.9. The summed E-state index contributed by atoms with van der Waals surface area (Å²) >= 11 is 0. The Bertz CT molecular complexity index is 1040. The van der Waals surface area contributed by atoms with Gasteiger partial charge in [-0.15, -0.1) is 0 Å². The Morgan fingerprint density at radius 3 is 2.40 bits per heavy atom. The number of hydrogen-bond acceptors (Lipinski definition) is 6. The first-order chi connectivity index (χ1) is 15.9. The van der Waals surface area contributed by atoms with E-state index >= 15 is 8.78 Å². The van der Waals surface area contributed by atoms with Crippen LogP contribution in [0.15, 0.2) is 23.6 Å². The van der Waals surface area contributed by atoms with Crippen LogP contribution < -0.4 is 0 Å². The molecular weight excluding hydrogens is 462 g/mol. The molecule has 0 aromatic heterocycles. The molecule has 0 heterocycles. The summed E-state index contributed by atoms with van der Waals surface area (Å²) in [5.74, 6) is -4.93. The lowest BCUT2D eigenvalue weighted by atomic mass is 9.45. The number of alkyl halides is 1. The maximum Gasteiger partial charge on any atom is 0.509 e. The molecule has 0 spiro atoms. The Labute approximate surface area is 203 Å². The molecule has 4 aliphatic rings. The van der Waals surface area contributed by atoms with Crippen LogP contribution in [0.4, 0.5) is 13.6 Å². The van der Waals surface area contributed by atoms with Crippen LogP contribution in [-0.2, 0) is 19.1 Å². The highest BCUT2D eigenvalue weighted by atomic mass is 19.1. The summed E-state index contributed by atoms with van der Waals surface area (Å²) in [5, 5.41) is 21.8. The predicted molar refractivity (Wildman–Crippen MR) is 121 cm³/mol. The molecule has 4 rings (SSSR count). The topological polar surface area (TPSA) is 110 Å². The second kappa shape index (κ2) is 7.60. The van der Waals surface area contributed by atoms with Crippen molar-refractivity contribution in [3.8, 4) is 0 Å². The van der Waals surface area contributed by atoms with Crippen LogP contribution in [0.2, 0.25) is 0 Å². The Kier molecular flexibility index (Phi) is 5.60. The van der Waals surface area contributed by atoms with Gasteiger partial charge in [-0.05, 0) is 58.1 Å². The van der Waals surface area contributed by atoms with Crippen molar-refractivity contribution in [3.05, 3.63) is 23.6 Å². The summed E-state index contributed by atoms with van der Waals surface area (Å²) in [6, 6.07) is 0. The number of ketones is 1. The summed E-state index contributed by atoms with van der Waals surface area (Å²) in [5.41, 5.74) is -8.31. The second-order valence-corrected chi connectivity index (χ2v) is 12.1. The summed E-state index contributed by atoms with van der Waals surface area (Å²) in [4.78, 5) is 37.5. The minimum absolute atomic E-state index is 0.0342. The van der Waals surface area contributed by atoms with E-state index in [9.17, 15) is 24.6 Å². The molecule has 0 unspecified atom stereocenters. The zero-order valence-electron chi connectivity index (χ0n) is 21.0. The average Bonchev–Trinajstić information content (AvgIpc) is 2.92. The van der Waals surface area contributed by atoms with Crippen LogP contribution in [-0.4, -0.2) is 51.1 Å². The average molecular weight is 497 g/mol. The van der Waals surface area contributed by atoms with E-state index in [1.54, 1.807) is 34.6 Å². The van der Waals surface area contributed by atoms with Crippen molar-refractivity contribution in [3.63, 3.8) is 0 Å². The van der Waals surface area contributed by atoms with Crippen LogP contribution in [0.25, 0.3) is 0 Å². The van der Waals surface area contributed by atoms with Gasteiger partial charge in [0.05, 0.1) is 6.10 Å². The van der Waals surface area contributed by atoms with Crippen molar-refractivity contribution in [1.29, 1.82) is 0 Å². The first-order valence-electron chi connectivity index (χ1n) is 12.1. The highest BCUT2D eigenvalue weighted by Gasteiger charge is 2.78. The quantitative estimate of drug-likeness (QED) is 0.534. The van der Waals surface area contributed by atoms with Gasteiger partial charge in [0.1, 0.15) is 11.4 Å². The summed E-state index contributed by atoms with van der Waals surface area (Å²) < 4.78 is 43.5. The van der Waals surface area contributed by atoms with Crippen LogP contribution in [0.3, 0.4) is 0 Å². The number of halogens is 2. The first-order valence-corrected chi connectivity index (χ1v) is 12.1. The fourth-order valence-corrected chi connectivity index (χ4v) is 7.62. The molecule has 0 amide bonds. The molecule has 8 atom stereocenters. The van der Waals surface area contributed by atoms with E-state index in [2.05, 4.69) is 0 Å². The minimum Gasteiger partial charge on any atom is -0.478 e. The molecule has 2 saturated carbocycles. The van der Waals surface area contributed by atoms with Crippen LogP contribution in [0, 0.1) is 28.6 Å². The standard InChI is InChI=1S/C26H34F2O7/c1-13-9-15-16-11-18(27)17-10-14(29)7-8-23(17,5)25(16,28)19(30)12-24(15,6)26(13,20(31)32)35-21(33)34-22(2,3)4/h7-8,13,15-16,19,30H,9-12H2,1-6H3,(H,31,32)/t13-,15+,16+,19+,23+,24+,25+,26+/m1/s1. The highest BCUT2D eigenvalue weighted by Crippen LogP contribution is 2.71. The fraction of sp³-hybridized carbons (Fsp3) is 0.731. The number of fused-ring (bicyclic) bond motifs is 5. The molecule has 35 heavy (non-hydrogen) atoms. The minimum atomic E-state index is -2.33. The van der Waals surface area contributed by atoms with Crippen molar-refractivity contribution < 1.29 is 42.9 Å².